The van der Waals surface area contributed by atoms with Crippen molar-refractivity contribution in [1.82, 2.24) is 0 Å². The predicted molar refractivity (Wildman–Crippen MR) is 53.3 cm³/mol. The highest BCUT2D eigenvalue weighted by Crippen LogP contribution is 2.27. The molecule has 1 saturated carbocycles. The minimum Gasteiger partial charge on any atom is -0.264 e. The highest BCUT2D eigenvalue weighted by Gasteiger charge is 2.34. The van der Waals surface area contributed by atoms with Crippen molar-refractivity contribution in [2.24, 2.45) is 0 Å². The minimum absolute atomic E-state index is 0.493. The van der Waals surface area contributed by atoms with E-state index in [9.17, 15) is 16.8 Å². The van der Waals surface area contributed by atoms with Gasteiger partial charge in [0, 0.05) is 0 Å². The van der Waals surface area contributed by atoms with Crippen LogP contribution >= 0.6 is 0 Å². The Balaban J connectivity index is 2.66. The largest absolute Gasteiger partial charge is 0.264 e. The van der Waals surface area contributed by atoms with Crippen LogP contribution in [0, 0.1) is 0 Å². The van der Waals surface area contributed by atoms with E-state index in [4.69, 9.17) is 8.37 Å². The van der Waals surface area contributed by atoms with Gasteiger partial charge in [-0.15, -0.1) is 0 Å². The summed E-state index contributed by atoms with van der Waals surface area (Å²) in [4.78, 5) is 0. The molecular formula is C7H14O6S2. The summed E-state index contributed by atoms with van der Waals surface area (Å²) < 4.78 is 53.0. The summed E-state index contributed by atoms with van der Waals surface area (Å²) in [5.74, 6) is 0. The van der Waals surface area contributed by atoms with E-state index in [1.165, 1.54) is 0 Å². The summed E-state index contributed by atoms with van der Waals surface area (Å²) in [7, 11) is -7.14. The van der Waals surface area contributed by atoms with Crippen molar-refractivity contribution in [3.05, 3.63) is 0 Å². The number of hydrogen-bond acceptors (Lipinski definition) is 6. The molecule has 0 aromatic rings. The van der Waals surface area contributed by atoms with Crippen LogP contribution in [0.15, 0.2) is 0 Å². The molecule has 15 heavy (non-hydrogen) atoms. The maximum atomic E-state index is 10.9. The van der Waals surface area contributed by atoms with Crippen LogP contribution in [0.4, 0.5) is 0 Å². The Kier molecular flexibility index (Phi) is 3.75. The van der Waals surface area contributed by atoms with Crippen molar-refractivity contribution in [3.63, 3.8) is 0 Å². The maximum absolute atomic E-state index is 10.9. The van der Waals surface area contributed by atoms with Gasteiger partial charge in [0.05, 0.1) is 12.5 Å². The van der Waals surface area contributed by atoms with Gasteiger partial charge in [0.25, 0.3) is 20.2 Å². The smallest absolute Gasteiger partial charge is 0.264 e. The lowest BCUT2D eigenvalue weighted by atomic mass is 10.3. The van der Waals surface area contributed by atoms with Crippen molar-refractivity contribution >= 4 is 20.2 Å². The molecule has 0 aromatic heterocycles. The number of hydrogen-bond donors (Lipinski definition) is 0. The summed E-state index contributed by atoms with van der Waals surface area (Å²) >= 11 is 0. The fourth-order valence-corrected chi connectivity index (χ4v) is 2.90. The van der Waals surface area contributed by atoms with E-state index in [1.807, 2.05) is 0 Å². The summed E-state index contributed by atoms with van der Waals surface area (Å²) in [5, 5.41) is 0. The molecule has 0 aromatic carbocycles. The minimum atomic E-state index is -3.57. The third kappa shape index (κ3) is 4.92. The van der Waals surface area contributed by atoms with Crippen molar-refractivity contribution < 1.29 is 25.2 Å². The van der Waals surface area contributed by atoms with Gasteiger partial charge in [-0.05, 0) is 19.3 Å². The fourth-order valence-electron chi connectivity index (χ4n) is 1.56. The second-order valence-electron chi connectivity index (χ2n) is 3.61. The van der Waals surface area contributed by atoms with Crippen LogP contribution in [-0.4, -0.2) is 41.6 Å². The standard InChI is InChI=1S/C7H14O6S2/c1-14(8,9)12-6-4-3-5-7(6)13-15(2,10)11/h6-7H,3-5H2,1-2H3/t6-,7-/m0/s1. The van der Waals surface area contributed by atoms with Crippen molar-refractivity contribution in [2.75, 3.05) is 12.5 Å². The average molecular weight is 258 g/mol. The van der Waals surface area contributed by atoms with E-state index in [0.717, 1.165) is 12.5 Å². The SMILES string of the molecule is CS(=O)(=O)O[C@H]1CCC[C@@H]1OS(C)(=O)=O. The Hall–Kier alpha value is -0.180. The van der Waals surface area contributed by atoms with Gasteiger partial charge in [-0.3, -0.25) is 8.37 Å². The van der Waals surface area contributed by atoms with Crippen LogP contribution < -0.4 is 0 Å². The summed E-state index contributed by atoms with van der Waals surface area (Å²) in [5.41, 5.74) is 0. The van der Waals surface area contributed by atoms with Gasteiger partial charge in [0.15, 0.2) is 0 Å². The lowest BCUT2D eigenvalue weighted by molar-refractivity contribution is 0.0887. The van der Waals surface area contributed by atoms with E-state index in [-0.39, 0.29) is 0 Å². The molecule has 1 fully saturated rings. The Morgan fingerprint density at radius 1 is 0.867 bits per heavy atom. The molecule has 8 heteroatoms. The first-order valence-electron chi connectivity index (χ1n) is 4.44. The van der Waals surface area contributed by atoms with E-state index >= 15 is 0 Å². The molecule has 90 valence electrons. The second-order valence-corrected chi connectivity index (χ2v) is 6.81. The summed E-state index contributed by atoms with van der Waals surface area (Å²) in [6.45, 7) is 0. The van der Waals surface area contributed by atoms with Crippen LogP contribution in [0.2, 0.25) is 0 Å². The first-order chi connectivity index (χ1) is 6.67. The van der Waals surface area contributed by atoms with Gasteiger partial charge in [-0.25, -0.2) is 0 Å². The first kappa shape index (κ1) is 12.9. The Bertz CT molecular complexity index is 369. The highest BCUT2D eigenvalue weighted by molar-refractivity contribution is 7.86. The Labute approximate surface area is 89.8 Å². The van der Waals surface area contributed by atoms with Crippen LogP contribution in [0.3, 0.4) is 0 Å². The average Bonchev–Trinajstić information content (AvgIpc) is 2.29. The zero-order valence-corrected chi connectivity index (χ0v) is 10.2. The van der Waals surface area contributed by atoms with Gasteiger partial charge >= 0.3 is 0 Å². The molecule has 0 amide bonds. The van der Waals surface area contributed by atoms with E-state index in [0.29, 0.717) is 19.3 Å². The summed E-state index contributed by atoms with van der Waals surface area (Å²) in [6.07, 6.45) is 2.18. The van der Waals surface area contributed by atoms with Crippen LogP contribution in [-0.2, 0) is 28.6 Å². The molecule has 1 aliphatic rings. The second kappa shape index (κ2) is 4.36. The molecule has 0 radical (unpaired) electrons. The van der Waals surface area contributed by atoms with Crippen LogP contribution in [0.1, 0.15) is 19.3 Å². The van der Waals surface area contributed by atoms with Gasteiger partial charge in [0.2, 0.25) is 0 Å². The zero-order chi connectivity index (χ0) is 11.7. The molecule has 1 rings (SSSR count). The van der Waals surface area contributed by atoms with Crippen molar-refractivity contribution in [1.29, 1.82) is 0 Å². The molecule has 0 N–H and O–H groups in total. The first-order valence-corrected chi connectivity index (χ1v) is 8.07. The fraction of sp³-hybridized carbons (Fsp3) is 1.00. The third-order valence-electron chi connectivity index (χ3n) is 1.99. The molecular weight excluding hydrogens is 244 g/mol. The third-order valence-corrected chi connectivity index (χ3v) is 3.18. The monoisotopic (exact) mass is 258 g/mol. The van der Waals surface area contributed by atoms with Gasteiger partial charge < -0.3 is 0 Å². The Morgan fingerprint density at radius 2 is 1.20 bits per heavy atom. The van der Waals surface area contributed by atoms with Crippen LogP contribution in [0.25, 0.3) is 0 Å². The van der Waals surface area contributed by atoms with E-state index < -0.39 is 32.4 Å². The normalized spacial score (nSPS) is 28.1. The molecule has 2 atom stereocenters. The molecule has 0 unspecified atom stereocenters. The molecule has 0 aliphatic heterocycles. The maximum Gasteiger partial charge on any atom is 0.264 e. The molecule has 6 nitrogen and oxygen atoms in total. The highest BCUT2D eigenvalue weighted by atomic mass is 32.2. The predicted octanol–water partition coefficient (Wildman–Crippen LogP) is -0.140. The van der Waals surface area contributed by atoms with Crippen molar-refractivity contribution in [3.8, 4) is 0 Å². The van der Waals surface area contributed by atoms with Crippen molar-refractivity contribution in [2.45, 2.75) is 31.5 Å². The molecule has 0 saturated heterocycles. The molecule has 0 bridgehead atoms. The van der Waals surface area contributed by atoms with Gasteiger partial charge in [-0.1, -0.05) is 0 Å². The molecule has 0 heterocycles. The lowest BCUT2D eigenvalue weighted by Crippen LogP contribution is -2.30. The van der Waals surface area contributed by atoms with Gasteiger partial charge in [-0.2, -0.15) is 16.8 Å². The number of rotatable bonds is 4. The van der Waals surface area contributed by atoms with Gasteiger partial charge in [0.1, 0.15) is 12.2 Å². The molecule has 1 aliphatic carbocycles. The lowest BCUT2D eigenvalue weighted by Gasteiger charge is -2.17. The Morgan fingerprint density at radius 3 is 1.47 bits per heavy atom. The zero-order valence-electron chi connectivity index (χ0n) is 8.54. The van der Waals surface area contributed by atoms with E-state index in [2.05, 4.69) is 0 Å². The quantitative estimate of drug-likeness (QED) is 0.652. The molecule has 0 spiro atoms. The van der Waals surface area contributed by atoms with E-state index in [1.54, 1.807) is 0 Å². The summed E-state index contributed by atoms with van der Waals surface area (Å²) in [6, 6.07) is 0. The van der Waals surface area contributed by atoms with Crippen LogP contribution in [0.5, 0.6) is 0 Å². The topological polar surface area (TPSA) is 86.7 Å².